The number of halogens is 6. The van der Waals surface area contributed by atoms with E-state index in [1.165, 1.54) is 42.3 Å². The standard InChI is InChI=1S/C29H33F6N3O2/c1-16-8-21-20-11-19(31)4-5-24(20)36-26(21)27(38(16)14-29(34,35)15-39)25-22(32)9-17(10-23(25)33)28(40-2)18-12-37(13-18)7-3-6-30/h4-5,9-11,16,18,27-28,36,39H,3,6-8,12-15H2,1-2H3/t16-,27-,28-/m1/s1. The van der Waals surface area contributed by atoms with Crippen molar-refractivity contribution in [1.82, 2.24) is 14.8 Å². The molecule has 3 atom stereocenters. The Hall–Kier alpha value is -2.60. The number of alkyl halides is 3. The molecule has 0 spiro atoms. The third-order valence-corrected chi connectivity index (χ3v) is 8.20. The number of methoxy groups -OCH3 is 1. The van der Waals surface area contributed by atoms with Crippen LogP contribution in [0.15, 0.2) is 30.3 Å². The van der Waals surface area contributed by atoms with Crippen LogP contribution in [-0.4, -0.2) is 78.4 Å². The minimum absolute atomic E-state index is 0.0427. The molecule has 5 nitrogen and oxygen atoms in total. The molecule has 0 bridgehead atoms. The molecule has 11 heteroatoms. The zero-order chi connectivity index (χ0) is 28.8. The molecule has 1 saturated heterocycles. The van der Waals surface area contributed by atoms with Crippen LogP contribution in [0.5, 0.6) is 0 Å². The molecular weight excluding hydrogens is 536 g/mol. The Balaban J connectivity index is 1.56. The molecule has 3 heterocycles. The number of nitrogens with one attached hydrogen (secondary N) is 1. The van der Waals surface area contributed by atoms with E-state index in [9.17, 15) is 22.7 Å². The Labute approximate surface area is 228 Å². The quantitative estimate of drug-likeness (QED) is 0.316. The Bertz CT molecular complexity index is 1340. The minimum atomic E-state index is -3.52. The SMILES string of the molecule is CO[C@H](c1cc(F)c([C@@H]2c3[nH]c4ccc(F)cc4c3C[C@@H](C)N2CC(F)(F)CO)c(F)c1)C1CN(CCCF)C1. The number of aromatic amines is 1. The van der Waals surface area contributed by atoms with Crippen molar-refractivity contribution in [3.8, 4) is 0 Å². The normalized spacial score (nSPS) is 21.5. The monoisotopic (exact) mass is 569 g/mol. The molecular formula is C29H33F6N3O2. The van der Waals surface area contributed by atoms with Crippen molar-refractivity contribution in [1.29, 1.82) is 0 Å². The van der Waals surface area contributed by atoms with Gasteiger partial charge in [0.2, 0.25) is 0 Å². The van der Waals surface area contributed by atoms with Crippen LogP contribution in [0.3, 0.4) is 0 Å². The molecule has 5 rings (SSSR count). The first kappa shape index (κ1) is 28.9. The molecule has 2 N–H and O–H groups in total. The van der Waals surface area contributed by atoms with Crippen LogP contribution >= 0.6 is 0 Å². The number of benzene rings is 2. The number of aliphatic hydroxyl groups excluding tert-OH is 1. The van der Waals surface area contributed by atoms with Crippen molar-refractivity contribution >= 4 is 10.9 Å². The van der Waals surface area contributed by atoms with E-state index in [1.54, 1.807) is 6.92 Å². The Kier molecular flexibility index (Phi) is 8.20. The summed E-state index contributed by atoms with van der Waals surface area (Å²) in [6.07, 6.45) is 0.0484. The van der Waals surface area contributed by atoms with E-state index in [-0.39, 0.29) is 17.9 Å². The van der Waals surface area contributed by atoms with Crippen molar-refractivity contribution in [2.24, 2.45) is 5.92 Å². The van der Waals surface area contributed by atoms with Gasteiger partial charge in [-0.25, -0.2) is 22.0 Å². The molecule has 2 aromatic carbocycles. The number of hydrogen-bond donors (Lipinski definition) is 2. The van der Waals surface area contributed by atoms with Crippen molar-refractivity contribution in [2.75, 3.05) is 46.6 Å². The smallest absolute Gasteiger partial charge is 0.283 e. The summed E-state index contributed by atoms with van der Waals surface area (Å²) in [7, 11) is 1.45. The molecule has 0 unspecified atom stereocenters. The number of nitrogens with zero attached hydrogens (tertiary/aromatic N) is 2. The molecule has 1 fully saturated rings. The zero-order valence-corrected chi connectivity index (χ0v) is 22.4. The Morgan fingerprint density at radius 1 is 1.12 bits per heavy atom. The lowest BCUT2D eigenvalue weighted by molar-refractivity contribution is -0.0869. The van der Waals surface area contributed by atoms with Crippen LogP contribution in [-0.2, 0) is 11.2 Å². The fraction of sp³-hybridized carbons (Fsp3) is 0.517. The van der Waals surface area contributed by atoms with Crippen LogP contribution in [0.2, 0.25) is 0 Å². The highest BCUT2D eigenvalue weighted by Gasteiger charge is 2.44. The third-order valence-electron chi connectivity index (χ3n) is 8.20. The summed E-state index contributed by atoms with van der Waals surface area (Å²) in [6, 6.07) is 4.56. The second-order valence-electron chi connectivity index (χ2n) is 11.0. The van der Waals surface area contributed by atoms with Gasteiger partial charge in [-0.3, -0.25) is 9.29 Å². The number of aromatic nitrogens is 1. The van der Waals surface area contributed by atoms with Crippen LogP contribution in [0.25, 0.3) is 10.9 Å². The summed E-state index contributed by atoms with van der Waals surface area (Å²) in [5, 5.41) is 9.81. The summed E-state index contributed by atoms with van der Waals surface area (Å²) in [6.45, 7) is 0.688. The summed E-state index contributed by atoms with van der Waals surface area (Å²) >= 11 is 0. The largest absolute Gasteiger partial charge is 0.390 e. The number of rotatable bonds is 10. The Morgan fingerprint density at radius 2 is 1.82 bits per heavy atom. The summed E-state index contributed by atoms with van der Waals surface area (Å²) in [5.41, 5.74) is 1.31. The molecule has 0 aliphatic carbocycles. The molecule has 0 saturated carbocycles. The number of fused-ring (bicyclic) bond motifs is 3. The van der Waals surface area contributed by atoms with Gasteiger partial charge in [-0.2, -0.15) is 0 Å². The predicted molar refractivity (Wildman–Crippen MR) is 139 cm³/mol. The van der Waals surface area contributed by atoms with E-state index in [1.807, 2.05) is 4.90 Å². The maximum atomic E-state index is 16.0. The summed E-state index contributed by atoms with van der Waals surface area (Å²) < 4.78 is 93.2. The summed E-state index contributed by atoms with van der Waals surface area (Å²) in [5.74, 6) is -5.89. The van der Waals surface area contributed by atoms with E-state index < -0.39 is 67.0 Å². The van der Waals surface area contributed by atoms with Gasteiger partial charge in [0.05, 0.1) is 25.4 Å². The van der Waals surface area contributed by atoms with E-state index in [0.717, 1.165) is 0 Å². The van der Waals surface area contributed by atoms with Crippen LogP contribution in [0.4, 0.5) is 26.3 Å². The highest BCUT2D eigenvalue weighted by atomic mass is 19.3. The van der Waals surface area contributed by atoms with Gasteiger partial charge >= 0.3 is 0 Å². The van der Waals surface area contributed by atoms with Gasteiger partial charge in [0.15, 0.2) is 0 Å². The lowest BCUT2D eigenvalue weighted by atomic mass is 9.85. The van der Waals surface area contributed by atoms with Crippen molar-refractivity contribution in [3.05, 3.63) is 70.2 Å². The maximum Gasteiger partial charge on any atom is 0.283 e. The van der Waals surface area contributed by atoms with Gasteiger partial charge in [-0.05, 0) is 61.2 Å². The maximum absolute atomic E-state index is 16.0. The molecule has 1 aromatic heterocycles. The van der Waals surface area contributed by atoms with Crippen LogP contribution < -0.4 is 0 Å². The lowest BCUT2D eigenvalue weighted by Crippen LogP contribution is -2.50. The zero-order valence-electron chi connectivity index (χ0n) is 22.4. The first-order chi connectivity index (χ1) is 19.1. The van der Waals surface area contributed by atoms with E-state index in [0.29, 0.717) is 48.2 Å². The van der Waals surface area contributed by atoms with Gasteiger partial charge in [0.1, 0.15) is 24.1 Å². The fourth-order valence-electron chi connectivity index (χ4n) is 6.30. The number of likely N-dealkylation sites (tertiary alicyclic amines) is 1. The van der Waals surface area contributed by atoms with Gasteiger partial charge in [0, 0.05) is 60.9 Å². The van der Waals surface area contributed by atoms with Crippen LogP contribution in [0.1, 0.15) is 47.9 Å². The fourth-order valence-corrected chi connectivity index (χ4v) is 6.30. The average molecular weight is 570 g/mol. The minimum Gasteiger partial charge on any atom is -0.390 e. The van der Waals surface area contributed by atoms with E-state index in [4.69, 9.17) is 4.74 Å². The highest BCUT2D eigenvalue weighted by molar-refractivity contribution is 5.85. The second-order valence-corrected chi connectivity index (χ2v) is 11.0. The van der Waals surface area contributed by atoms with Gasteiger partial charge in [-0.1, -0.05) is 0 Å². The topological polar surface area (TPSA) is 51.7 Å². The van der Waals surface area contributed by atoms with Gasteiger partial charge < -0.3 is 19.7 Å². The van der Waals surface area contributed by atoms with E-state index in [2.05, 4.69) is 4.98 Å². The Morgan fingerprint density at radius 3 is 2.45 bits per heavy atom. The van der Waals surface area contributed by atoms with Gasteiger partial charge in [-0.15, -0.1) is 0 Å². The highest BCUT2D eigenvalue weighted by Crippen LogP contribution is 2.44. The van der Waals surface area contributed by atoms with Gasteiger partial charge in [0.25, 0.3) is 5.92 Å². The number of H-pyrrole nitrogens is 1. The first-order valence-electron chi connectivity index (χ1n) is 13.4. The van der Waals surface area contributed by atoms with Crippen molar-refractivity contribution < 1.29 is 36.2 Å². The molecule has 2 aliphatic rings. The van der Waals surface area contributed by atoms with Crippen molar-refractivity contribution in [2.45, 2.75) is 43.9 Å². The number of hydrogen-bond acceptors (Lipinski definition) is 4. The first-order valence-corrected chi connectivity index (χ1v) is 13.4. The summed E-state index contributed by atoms with van der Waals surface area (Å²) in [4.78, 5) is 6.43. The molecule has 0 radical (unpaired) electrons. The average Bonchev–Trinajstić information content (AvgIpc) is 3.23. The third kappa shape index (κ3) is 5.36. The number of aliphatic hydroxyl groups is 1. The predicted octanol–water partition coefficient (Wildman–Crippen LogP) is 5.53. The molecule has 0 amide bonds. The second kappa shape index (κ2) is 11.3. The molecule has 218 valence electrons. The lowest BCUT2D eigenvalue weighted by Gasteiger charge is -2.43. The molecule has 3 aromatic rings. The molecule has 40 heavy (non-hydrogen) atoms. The number of ether oxygens (including phenoxy) is 1. The molecule has 2 aliphatic heterocycles. The van der Waals surface area contributed by atoms with E-state index >= 15 is 8.78 Å². The van der Waals surface area contributed by atoms with Crippen molar-refractivity contribution in [3.63, 3.8) is 0 Å². The van der Waals surface area contributed by atoms with Crippen LogP contribution in [0, 0.1) is 23.4 Å².